The second-order valence-electron chi connectivity index (χ2n) is 6.89. The lowest BCUT2D eigenvalue weighted by atomic mass is 9.98. The van der Waals surface area contributed by atoms with Crippen LogP contribution in [-0.4, -0.2) is 36.9 Å². The summed E-state index contributed by atoms with van der Waals surface area (Å²) in [5, 5.41) is 4.38. The first kappa shape index (κ1) is 19.6. The molecule has 0 amide bonds. The standard InChI is InChI=1S/C23H24N4O3/c1-4-21(28)23(26-18-11-7-8-12-20(18)29-2)15-25-22(30-3)14-27(23)19-13-24-17-10-6-5-9-16(17)19/h5-15,24,26H,4H2,1-3H3. The molecule has 0 bridgehead atoms. The SMILES string of the molecule is CCC(=O)C1(Nc2ccccc2OC)C=NC(OC)=CN1c1c[nH]c2ccccc12. The van der Waals surface area contributed by atoms with Crippen LogP contribution in [0.1, 0.15) is 13.3 Å². The Morgan fingerprint density at radius 2 is 1.90 bits per heavy atom. The van der Waals surface area contributed by atoms with Crippen molar-refractivity contribution in [1.29, 1.82) is 0 Å². The van der Waals surface area contributed by atoms with E-state index in [0.717, 1.165) is 16.6 Å². The maximum atomic E-state index is 13.4. The molecule has 0 radical (unpaired) electrons. The number of hydrogen-bond acceptors (Lipinski definition) is 6. The first-order valence-corrected chi connectivity index (χ1v) is 9.74. The maximum Gasteiger partial charge on any atom is 0.229 e. The van der Waals surface area contributed by atoms with Crippen LogP contribution in [0, 0.1) is 0 Å². The van der Waals surface area contributed by atoms with Crippen molar-refractivity contribution in [3.8, 4) is 5.75 Å². The Balaban J connectivity index is 1.91. The van der Waals surface area contributed by atoms with Crippen LogP contribution in [0.4, 0.5) is 11.4 Å². The van der Waals surface area contributed by atoms with Crippen LogP contribution in [0.3, 0.4) is 0 Å². The van der Waals surface area contributed by atoms with Crippen molar-refractivity contribution in [3.05, 3.63) is 66.8 Å². The van der Waals surface area contributed by atoms with Gasteiger partial charge in [-0.1, -0.05) is 37.3 Å². The Labute approximate surface area is 175 Å². The highest BCUT2D eigenvalue weighted by Gasteiger charge is 2.45. The fourth-order valence-electron chi connectivity index (χ4n) is 3.68. The third kappa shape index (κ3) is 3.18. The van der Waals surface area contributed by atoms with E-state index >= 15 is 0 Å². The molecule has 1 aromatic heterocycles. The zero-order chi connectivity index (χ0) is 21.1. The van der Waals surface area contributed by atoms with Gasteiger partial charge in [0.25, 0.3) is 0 Å². The normalized spacial score (nSPS) is 18.2. The summed E-state index contributed by atoms with van der Waals surface area (Å²) in [7, 11) is 3.16. The molecule has 0 spiro atoms. The topological polar surface area (TPSA) is 79.0 Å². The number of anilines is 2. The van der Waals surface area contributed by atoms with Crippen molar-refractivity contribution < 1.29 is 14.3 Å². The Morgan fingerprint density at radius 3 is 2.67 bits per heavy atom. The van der Waals surface area contributed by atoms with Gasteiger partial charge in [0, 0.05) is 23.5 Å². The molecule has 30 heavy (non-hydrogen) atoms. The molecule has 1 aliphatic rings. The lowest BCUT2D eigenvalue weighted by molar-refractivity contribution is -0.120. The predicted octanol–water partition coefficient (Wildman–Crippen LogP) is 4.30. The van der Waals surface area contributed by atoms with Gasteiger partial charge in [-0.25, -0.2) is 4.99 Å². The fourth-order valence-corrected chi connectivity index (χ4v) is 3.68. The van der Waals surface area contributed by atoms with E-state index in [-0.39, 0.29) is 5.78 Å². The Bertz CT molecular complexity index is 1130. The van der Waals surface area contributed by atoms with Crippen molar-refractivity contribution in [2.75, 3.05) is 24.4 Å². The number of methoxy groups -OCH3 is 2. The summed E-state index contributed by atoms with van der Waals surface area (Å²) in [4.78, 5) is 23.0. The summed E-state index contributed by atoms with van der Waals surface area (Å²) in [5.74, 6) is 0.991. The molecule has 4 rings (SSSR count). The monoisotopic (exact) mass is 404 g/mol. The van der Waals surface area contributed by atoms with Crippen LogP contribution >= 0.6 is 0 Å². The second kappa shape index (κ2) is 7.94. The summed E-state index contributed by atoms with van der Waals surface area (Å²) in [6, 6.07) is 15.4. The molecule has 2 aromatic carbocycles. The minimum absolute atomic E-state index is 0.0474. The van der Waals surface area contributed by atoms with Gasteiger partial charge in [-0.15, -0.1) is 0 Å². The number of aliphatic imine (C=N–C) groups is 1. The number of benzene rings is 2. The molecule has 1 atom stereocenters. The molecular weight excluding hydrogens is 380 g/mol. The van der Waals surface area contributed by atoms with Crippen molar-refractivity contribution in [2.45, 2.75) is 19.0 Å². The van der Waals surface area contributed by atoms with Gasteiger partial charge in [-0.2, -0.15) is 0 Å². The summed E-state index contributed by atoms with van der Waals surface area (Å²) in [6.07, 6.45) is 5.54. The van der Waals surface area contributed by atoms with Crippen LogP contribution in [0.25, 0.3) is 10.9 Å². The van der Waals surface area contributed by atoms with Crippen molar-refractivity contribution in [2.24, 2.45) is 4.99 Å². The minimum atomic E-state index is -1.25. The molecule has 0 fully saturated rings. The molecule has 2 heterocycles. The van der Waals surface area contributed by atoms with Crippen molar-refractivity contribution in [3.63, 3.8) is 0 Å². The van der Waals surface area contributed by atoms with Gasteiger partial charge >= 0.3 is 0 Å². The minimum Gasteiger partial charge on any atom is -0.495 e. The number of hydrogen-bond donors (Lipinski definition) is 2. The zero-order valence-corrected chi connectivity index (χ0v) is 17.2. The summed E-state index contributed by atoms with van der Waals surface area (Å²) < 4.78 is 10.9. The van der Waals surface area contributed by atoms with E-state index < -0.39 is 5.66 Å². The first-order chi connectivity index (χ1) is 14.6. The fraction of sp³-hybridized carbons (Fsp3) is 0.217. The van der Waals surface area contributed by atoms with Gasteiger partial charge in [-0.05, 0) is 18.2 Å². The number of nitrogens with zero attached hydrogens (tertiary/aromatic N) is 2. The van der Waals surface area contributed by atoms with Crippen LogP contribution in [0.5, 0.6) is 5.75 Å². The van der Waals surface area contributed by atoms with E-state index in [0.29, 0.717) is 23.7 Å². The predicted molar refractivity (Wildman–Crippen MR) is 119 cm³/mol. The highest BCUT2D eigenvalue weighted by Crippen LogP contribution is 2.37. The molecule has 7 nitrogen and oxygen atoms in total. The van der Waals surface area contributed by atoms with E-state index in [2.05, 4.69) is 15.3 Å². The number of para-hydroxylation sites is 3. The number of fused-ring (bicyclic) bond motifs is 1. The van der Waals surface area contributed by atoms with E-state index in [4.69, 9.17) is 9.47 Å². The smallest absolute Gasteiger partial charge is 0.229 e. The largest absolute Gasteiger partial charge is 0.495 e. The third-order valence-electron chi connectivity index (χ3n) is 5.21. The van der Waals surface area contributed by atoms with Gasteiger partial charge in [0.2, 0.25) is 11.5 Å². The zero-order valence-electron chi connectivity index (χ0n) is 17.2. The Hall–Kier alpha value is -3.74. The summed E-state index contributed by atoms with van der Waals surface area (Å²) >= 11 is 0. The van der Waals surface area contributed by atoms with Gasteiger partial charge in [0.1, 0.15) is 5.75 Å². The van der Waals surface area contributed by atoms with E-state index in [9.17, 15) is 4.79 Å². The van der Waals surface area contributed by atoms with Gasteiger partial charge in [0.15, 0.2) is 5.78 Å². The highest BCUT2D eigenvalue weighted by atomic mass is 16.5. The molecule has 0 saturated heterocycles. The molecule has 7 heteroatoms. The molecule has 3 aromatic rings. The third-order valence-corrected chi connectivity index (χ3v) is 5.21. The number of carbonyl (C=O) groups excluding carboxylic acids is 1. The second-order valence-corrected chi connectivity index (χ2v) is 6.89. The van der Waals surface area contributed by atoms with Crippen molar-refractivity contribution >= 4 is 34.3 Å². The van der Waals surface area contributed by atoms with Crippen LogP contribution in [-0.2, 0) is 9.53 Å². The number of carbonyl (C=O) groups is 1. The van der Waals surface area contributed by atoms with E-state index in [1.165, 1.54) is 0 Å². The summed E-state index contributed by atoms with van der Waals surface area (Å²) in [5.41, 5.74) is 1.23. The average molecular weight is 404 g/mol. The molecule has 0 saturated carbocycles. The highest BCUT2D eigenvalue weighted by molar-refractivity contribution is 6.13. The van der Waals surface area contributed by atoms with Crippen LogP contribution < -0.4 is 15.0 Å². The van der Waals surface area contributed by atoms with Gasteiger partial charge in [0.05, 0.1) is 38.0 Å². The molecular formula is C23H24N4O3. The Morgan fingerprint density at radius 1 is 1.13 bits per heavy atom. The number of aromatic nitrogens is 1. The molecule has 1 unspecified atom stereocenters. The number of rotatable bonds is 7. The Kier molecular flexibility index (Phi) is 5.18. The molecule has 1 aliphatic heterocycles. The van der Waals surface area contributed by atoms with Gasteiger partial charge in [-0.3, -0.25) is 4.79 Å². The van der Waals surface area contributed by atoms with Crippen molar-refractivity contribution in [1.82, 2.24) is 4.98 Å². The number of ketones is 1. The lowest BCUT2D eigenvalue weighted by Crippen LogP contribution is -2.61. The number of Topliss-reactive ketones (excluding diaryl/α,β-unsaturated/α-hetero) is 1. The molecule has 2 N–H and O–H groups in total. The van der Waals surface area contributed by atoms with Crippen LogP contribution in [0.15, 0.2) is 71.8 Å². The van der Waals surface area contributed by atoms with E-state index in [1.54, 1.807) is 26.6 Å². The lowest BCUT2D eigenvalue weighted by Gasteiger charge is -2.42. The maximum absolute atomic E-state index is 13.4. The number of ether oxygens (including phenoxy) is 2. The summed E-state index contributed by atoms with van der Waals surface area (Å²) in [6.45, 7) is 1.84. The molecule has 154 valence electrons. The quantitative estimate of drug-likeness (QED) is 0.614. The number of nitrogens with one attached hydrogen (secondary N) is 2. The number of aromatic amines is 1. The average Bonchev–Trinajstić information content (AvgIpc) is 3.23. The molecule has 0 aliphatic carbocycles. The number of H-pyrrole nitrogens is 1. The first-order valence-electron chi connectivity index (χ1n) is 9.74. The van der Waals surface area contributed by atoms with E-state index in [1.807, 2.05) is 66.6 Å². The van der Waals surface area contributed by atoms with Crippen LogP contribution in [0.2, 0.25) is 0 Å². The van der Waals surface area contributed by atoms with Gasteiger partial charge < -0.3 is 24.7 Å².